The Hall–Kier alpha value is -1.57. The first-order valence-electron chi connectivity index (χ1n) is 5.14. The van der Waals surface area contributed by atoms with Gasteiger partial charge in [-0.2, -0.15) is 5.26 Å². The molecule has 15 heavy (non-hydrogen) atoms. The summed E-state index contributed by atoms with van der Waals surface area (Å²) in [6.07, 6.45) is 3.15. The Balaban J connectivity index is 2.20. The van der Waals surface area contributed by atoms with Crippen LogP contribution in [-0.4, -0.2) is 24.4 Å². The van der Waals surface area contributed by atoms with Crippen molar-refractivity contribution < 1.29 is 9.59 Å². The summed E-state index contributed by atoms with van der Waals surface area (Å²) in [6.45, 7) is 1.96. The largest absolute Gasteiger partial charge is 0.345 e. The number of nitrogens with zero attached hydrogens (tertiary/aromatic N) is 1. The van der Waals surface area contributed by atoms with Gasteiger partial charge in [0.1, 0.15) is 6.54 Å². The molecule has 5 nitrogen and oxygen atoms in total. The van der Waals surface area contributed by atoms with Crippen LogP contribution in [0, 0.1) is 17.2 Å². The van der Waals surface area contributed by atoms with Gasteiger partial charge in [-0.05, 0) is 18.8 Å². The number of amides is 2. The zero-order valence-corrected chi connectivity index (χ0v) is 8.75. The molecule has 0 heterocycles. The SMILES string of the molecule is CCCC1CC1NC(=O)C(=O)NCC#N. The van der Waals surface area contributed by atoms with Crippen LogP contribution in [0.25, 0.3) is 0 Å². The molecule has 1 aliphatic rings. The molecule has 2 amide bonds. The average molecular weight is 209 g/mol. The molecular formula is C10H15N3O2. The molecule has 82 valence electrons. The van der Waals surface area contributed by atoms with Crippen LogP contribution in [0.5, 0.6) is 0 Å². The summed E-state index contributed by atoms with van der Waals surface area (Å²) >= 11 is 0. The Morgan fingerprint density at radius 3 is 2.80 bits per heavy atom. The van der Waals surface area contributed by atoms with Crippen molar-refractivity contribution in [2.24, 2.45) is 5.92 Å². The predicted molar refractivity (Wildman–Crippen MR) is 53.6 cm³/mol. The first-order chi connectivity index (χ1) is 7.19. The van der Waals surface area contributed by atoms with Crippen LogP contribution in [0.1, 0.15) is 26.2 Å². The molecule has 2 N–H and O–H groups in total. The molecule has 0 aromatic rings. The third-order valence-corrected chi connectivity index (χ3v) is 2.43. The van der Waals surface area contributed by atoms with Crippen LogP contribution in [0.15, 0.2) is 0 Å². The summed E-state index contributed by atoms with van der Waals surface area (Å²) in [5, 5.41) is 13.0. The van der Waals surface area contributed by atoms with Gasteiger partial charge in [0.05, 0.1) is 6.07 Å². The molecule has 5 heteroatoms. The van der Waals surface area contributed by atoms with E-state index in [9.17, 15) is 9.59 Å². The Labute approximate surface area is 88.8 Å². The maximum absolute atomic E-state index is 11.2. The molecule has 1 fully saturated rings. The summed E-state index contributed by atoms with van der Waals surface area (Å²) in [5.41, 5.74) is 0. The topological polar surface area (TPSA) is 82.0 Å². The predicted octanol–water partition coefficient (Wildman–Crippen LogP) is -0.0690. The smallest absolute Gasteiger partial charge is 0.310 e. The fraction of sp³-hybridized carbons (Fsp3) is 0.700. The van der Waals surface area contributed by atoms with Crippen molar-refractivity contribution in [1.82, 2.24) is 10.6 Å². The monoisotopic (exact) mass is 209 g/mol. The lowest BCUT2D eigenvalue weighted by Crippen LogP contribution is -2.41. The van der Waals surface area contributed by atoms with Crippen molar-refractivity contribution in [1.29, 1.82) is 5.26 Å². The molecular weight excluding hydrogens is 194 g/mol. The molecule has 0 spiro atoms. The lowest BCUT2D eigenvalue weighted by Gasteiger charge is -2.03. The molecule has 1 aliphatic carbocycles. The minimum Gasteiger partial charge on any atom is -0.345 e. The number of hydrogen-bond donors (Lipinski definition) is 2. The number of hydrogen-bond acceptors (Lipinski definition) is 3. The molecule has 2 atom stereocenters. The molecule has 1 saturated carbocycles. The van der Waals surface area contributed by atoms with Gasteiger partial charge in [-0.3, -0.25) is 9.59 Å². The van der Waals surface area contributed by atoms with Crippen molar-refractivity contribution in [2.45, 2.75) is 32.2 Å². The summed E-state index contributed by atoms with van der Waals surface area (Å²) in [4.78, 5) is 22.3. The van der Waals surface area contributed by atoms with Gasteiger partial charge in [0.15, 0.2) is 0 Å². The van der Waals surface area contributed by atoms with Crippen LogP contribution in [0.2, 0.25) is 0 Å². The van der Waals surface area contributed by atoms with Crippen LogP contribution < -0.4 is 10.6 Å². The lowest BCUT2D eigenvalue weighted by molar-refractivity contribution is -0.139. The van der Waals surface area contributed by atoms with Gasteiger partial charge in [-0.25, -0.2) is 0 Å². The highest BCUT2D eigenvalue weighted by Gasteiger charge is 2.38. The number of nitrogens with one attached hydrogen (secondary N) is 2. The van der Waals surface area contributed by atoms with E-state index in [0.717, 1.165) is 19.3 Å². The quantitative estimate of drug-likeness (QED) is 0.502. The highest BCUT2D eigenvalue weighted by Crippen LogP contribution is 2.34. The molecule has 0 bridgehead atoms. The molecule has 0 aromatic carbocycles. The zero-order chi connectivity index (χ0) is 11.3. The first-order valence-corrected chi connectivity index (χ1v) is 5.14. The van der Waals surface area contributed by atoms with Gasteiger partial charge in [0.2, 0.25) is 0 Å². The van der Waals surface area contributed by atoms with Gasteiger partial charge in [0.25, 0.3) is 0 Å². The first kappa shape index (κ1) is 11.5. The van der Waals surface area contributed by atoms with Crippen molar-refractivity contribution in [3.05, 3.63) is 0 Å². The van der Waals surface area contributed by atoms with E-state index in [0.29, 0.717) is 5.92 Å². The van der Waals surface area contributed by atoms with E-state index in [1.165, 1.54) is 0 Å². The van der Waals surface area contributed by atoms with E-state index in [1.807, 2.05) is 0 Å². The Kier molecular flexibility index (Phi) is 4.10. The highest BCUT2D eigenvalue weighted by atomic mass is 16.2. The van der Waals surface area contributed by atoms with Gasteiger partial charge in [-0.1, -0.05) is 13.3 Å². The van der Waals surface area contributed by atoms with E-state index in [-0.39, 0.29) is 12.6 Å². The minimum atomic E-state index is -0.723. The number of carbonyl (C=O) groups excluding carboxylic acids is 2. The van der Waals surface area contributed by atoms with E-state index in [4.69, 9.17) is 5.26 Å². The Morgan fingerprint density at radius 2 is 2.20 bits per heavy atom. The van der Waals surface area contributed by atoms with Gasteiger partial charge in [0, 0.05) is 6.04 Å². The maximum Gasteiger partial charge on any atom is 0.310 e. The Bertz CT molecular complexity index is 296. The third-order valence-electron chi connectivity index (χ3n) is 2.43. The van der Waals surface area contributed by atoms with Crippen molar-refractivity contribution in [3.63, 3.8) is 0 Å². The maximum atomic E-state index is 11.2. The van der Waals surface area contributed by atoms with Gasteiger partial charge in [-0.15, -0.1) is 0 Å². The van der Waals surface area contributed by atoms with Crippen molar-refractivity contribution >= 4 is 11.8 Å². The van der Waals surface area contributed by atoms with Crippen LogP contribution >= 0.6 is 0 Å². The molecule has 0 aliphatic heterocycles. The van der Waals surface area contributed by atoms with E-state index < -0.39 is 11.8 Å². The van der Waals surface area contributed by atoms with Crippen molar-refractivity contribution in [2.75, 3.05) is 6.54 Å². The normalized spacial score (nSPS) is 22.7. The second-order valence-corrected chi connectivity index (χ2v) is 3.71. The summed E-state index contributed by atoms with van der Waals surface area (Å²) < 4.78 is 0. The van der Waals surface area contributed by atoms with E-state index >= 15 is 0 Å². The third kappa shape index (κ3) is 3.58. The molecule has 0 saturated heterocycles. The van der Waals surface area contributed by atoms with E-state index in [1.54, 1.807) is 6.07 Å². The molecule has 2 unspecified atom stereocenters. The lowest BCUT2D eigenvalue weighted by atomic mass is 10.2. The van der Waals surface area contributed by atoms with Crippen molar-refractivity contribution in [3.8, 4) is 6.07 Å². The fourth-order valence-electron chi connectivity index (χ4n) is 1.55. The summed E-state index contributed by atoms with van der Waals surface area (Å²) in [7, 11) is 0. The summed E-state index contributed by atoms with van der Waals surface area (Å²) in [5.74, 6) is -0.824. The van der Waals surface area contributed by atoms with Crippen LogP contribution in [0.3, 0.4) is 0 Å². The molecule has 0 radical (unpaired) electrons. The van der Waals surface area contributed by atoms with Gasteiger partial charge < -0.3 is 10.6 Å². The number of rotatable bonds is 4. The molecule has 1 rings (SSSR count). The van der Waals surface area contributed by atoms with Gasteiger partial charge >= 0.3 is 11.8 Å². The standard InChI is InChI=1S/C10H15N3O2/c1-2-3-7-6-8(7)13-10(15)9(14)12-5-4-11/h7-8H,2-3,5-6H2,1H3,(H,12,14)(H,13,15). The zero-order valence-electron chi connectivity index (χ0n) is 8.75. The van der Waals surface area contributed by atoms with E-state index in [2.05, 4.69) is 17.6 Å². The number of carbonyl (C=O) groups is 2. The average Bonchev–Trinajstić information content (AvgIpc) is 2.93. The second kappa shape index (κ2) is 5.35. The number of nitriles is 1. The minimum absolute atomic E-state index is 0.130. The van der Waals surface area contributed by atoms with Crippen LogP contribution in [0.4, 0.5) is 0 Å². The second-order valence-electron chi connectivity index (χ2n) is 3.71. The highest BCUT2D eigenvalue weighted by molar-refractivity contribution is 6.35. The van der Waals surface area contributed by atoms with Crippen LogP contribution in [-0.2, 0) is 9.59 Å². The Morgan fingerprint density at radius 1 is 1.47 bits per heavy atom. The molecule has 0 aromatic heterocycles. The fourth-order valence-corrected chi connectivity index (χ4v) is 1.55. The summed E-state index contributed by atoms with van der Waals surface area (Å²) in [6, 6.07) is 1.90.